The van der Waals surface area contributed by atoms with Crippen molar-refractivity contribution >= 4 is 11.6 Å². The van der Waals surface area contributed by atoms with Crippen LogP contribution in [0.4, 0.5) is 13.2 Å². The van der Waals surface area contributed by atoms with Gasteiger partial charge in [-0.1, -0.05) is 31.5 Å². The van der Waals surface area contributed by atoms with Crippen LogP contribution in [0.25, 0.3) is 0 Å². The minimum absolute atomic E-state index is 0.0609. The maximum Gasteiger partial charge on any atom is 0.439 e. The van der Waals surface area contributed by atoms with E-state index in [1.165, 1.54) is 12.1 Å². The van der Waals surface area contributed by atoms with Gasteiger partial charge < -0.3 is 5.11 Å². The molecule has 0 radical (unpaired) electrons. The van der Waals surface area contributed by atoms with E-state index in [-0.39, 0.29) is 28.6 Å². The lowest BCUT2D eigenvalue weighted by Gasteiger charge is -2.39. The maximum absolute atomic E-state index is 13.7. The second-order valence-electron chi connectivity index (χ2n) is 6.12. The molecule has 4 nitrogen and oxygen atoms in total. The molecule has 1 amide bonds. The summed E-state index contributed by atoms with van der Waals surface area (Å²) in [5.74, 6) is -2.32. The number of carbonyl (C=O) groups is 1. The van der Waals surface area contributed by atoms with Crippen molar-refractivity contribution < 1.29 is 23.1 Å². The van der Waals surface area contributed by atoms with Gasteiger partial charge in [0.25, 0.3) is 11.6 Å². The van der Waals surface area contributed by atoms with E-state index in [9.17, 15) is 23.1 Å². The zero-order valence-electron chi connectivity index (χ0n) is 12.5. The van der Waals surface area contributed by atoms with Crippen LogP contribution in [0, 0.1) is 11.8 Å². The first-order chi connectivity index (χ1) is 10.8. The molecule has 1 N–H and O–H groups in total. The standard InChI is InChI=1S/C16H17F3N2O2/c1-10-6-5-9-12-13(10)20-21(15(12,23)16(17,18)19)14(22)11-7-3-2-4-8-11/h2-4,7-8,10,12,23H,5-6,9H2,1H3/t10-,12+,15-/m1/s1. The topological polar surface area (TPSA) is 52.9 Å². The fraction of sp³-hybridized carbons (Fsp3) is 0.500. The Labute approximate surface area is 131 Å². The highest BCUT2D eigenvalue weighted by molar-refractivity contribution is 6.00. The fourth-order valence-electron chi connectivity index (χ4n) is 3.40. The lowest BCUT2D eigenvalue weighted by molar-refractivity contribution is -0.312. The quantitative estimate of drug-likeness (QED) is 0.862. The van der Waals surface area contributed by atoms with Crippen LogP contribution in [0.5, 0.6) is 0 Å². The molecule has 1 aliphatic carbocycles. The molecule has 3 rings (SSSR count). The Hall–Kier alpha value is -1.89. The molecule has 0 spiro atoms. The average molecular weight is 326 g/mol. The molecular weight excluding hydrogens is 309 g/mol. The van der Waals surface area contributed by atoms with Crippen LogP contribution in [0.1, 0.15) is 36.5 Å². The third-order valence-electron chi connectivity index (χ3n) is 4.65. The molecule has 7 heteroatoms. The SMILES string of the molecule is C[C@@H]1CCC[C@H]2C1=NN(C(=O)c1ccccc1)[C@]2(O)C(F)(F)F. The Bertz CT molecular complexity index is 644. The summed E-state index contributed by atoms with van der Waals surface area (Å²) in [6.45, 7) is 1.78. The van der Waals surface area contributed by atoms with Gasteiger partial charge in [-0.15, -0.1) is 0 Å². The average Bonchev–Trinajstić information content (AvgIpc) is 2.83. The number of amides is 1. The summed E-state index contributed by atoms with van der Waals surface area (Å²) in [5.41, 5.74) is -2.95. The number of aliphatic hydroxyl groups is 1. The van der Waals surface area contributed by atoms with Gasteiger partial charge in [0, 0.05) is 11.3 Å². The van der Waals surface area contributed by atoms with Crippen molar-refractivity contribution in [3.63, 3.8) is 0 Å². The Kier molecular flexibility index (Phi) is 3.71. The predicted molar refractivity (Wildman–Crippen MR) is 77.6 cm³/mol. The number of benzene rings is 1. The second-order valence-corrected chi connectivity index (χ2v) is 6.12. The van der Waals surface area contributed by atoms with E-state index in [1.807, 2.05) is 0 Å². The first-order valence-electron chi connectivity index (χ1n) is 7.54. The van der Waals surface area contributed by atoms with Crippen molar-refractivity contribution in [1.29, 1.82) is 0 Å². The molecule has 1 aromatic carbocycles. The van der Waals surface area contributed by atoms with Crippen molar-refractivity contribution in [2.24, 2.45) is 16.9 Å². The second kappa shape index (κ2) is 5.33. The molecule has 0 unspecified atom stereocenters. The van der Waals surface area contributed by atoms with E-state index in [0.717, 1.165) is 0 Å². The third kappa shape index (κ3) is 2.34. The van der Waals surface area contributed by atoms with Crippen molar-refractivity contribution in [3.05, 3.63) is 35.9 Å². The van der Waals surface area contributed by atoms with Gasteiger partial charge >= 0.3 is 6.18 Å². The number of nitrogens with zero attached hydrogens (tertiary/aromatic N) is 2. The van der Waals surface area contributed by atoms with Crippen LogP contribution in [0.15, 0.2) is 35.4 Å². The molecule has 1 aromatic rings. The van der Waals surface area contributed by atoms with Crippen molar-refractivity contribution in [2.45, 2.75) is 38.1 Å². The van der Waals surface area contributed by atoms with E-state index in [0.29, 0.717) is 12.8 Å². The normalized spacial score (nSPS) is 30.8. The molecule has 124 valence electrons. The van der Waals surface area contributed by atoms with Crippen molar-refractivity contribution in [3.8, 4) is 0 Å². The van der Waals surface area contributed by atoms with Gasteiger partial charge in [-0.2, -0.15) is 23.3 Å². The van der Waals surface area contributed by atoms with Crippen LogP contribution in [0.3, 0.4) is 0 Å². The molecule has 23 heavy (non-hydrogen) atoms. The zero-order chi connectivity index (χ0) is 16.8. The molecule has 0 aromatic heterocycles. The molecule has 1 aliphatic heterocycles. The summed E-state index contributed by atoms with van der Waals surface area (Å²) in [6, 6.07) is 7.58. The van der Waals surface area contributed by atoms with Crippen molar-refractivity contribution in [1.82, 2.24) is 5.01 Å². The van der Waals surface area contributed by atoms with Crippen LogP contribution in [0.2, 0.25) is 0 Å². The Morgan fingerprint density at radius 1 is 1.30 bits per heavy atom. The van der Waals surface area contributed by atoms with E-state index in [1.54, 1.807) is 25.1 Å². The molecule has 1 saturated carbocycles. The first-order valence-corrected chi connectivity index (χ1v) is 7.54. The van der Waals surface area contributed by atoms with Crippen LogP contribution >= 0.6 is 0 Å². The van der Waals surface area contributed by atoms with E-state index >= 15 is 0 Å². The predicted octanol–water partition coefficient (Wildman–Crippen LogP) is 3.19. The number of rotatable bonds is 1. The third-order valence-corrected chi connectivity index (χ3v) is 4.65. The van der Waals surface area contributed by atoms with Crippen LogP contribution in [-0.2, 0) is 0 Å². The number of hydrogen-bond donors (Lipinski definition) is 1. The number of fused-ring (bicyclic) bond motifs is 1. The summed E-state index contributed by atoms with van der Waals surface area (Å²) in [4.78, 5) is 12.5. The zero-order valence-corrected chi connectivity index (χ0v) is 12.5. The lowest BCUT2D eigenvalue weighted by atomic mass is 9.75. The van der Waals surface area contributed by atoms with Gasteiger partial charge in [-0.25, -0.2) is 0 Å². The highest BCUT2D eigenvalue weighted by atomic mass is 19.4. The summed E-state index contributed by atoms with van der Waals surface area (Å²) in [5, 5.41) is 14.7. The summed E-state index contributed by atoms with van der Waals surface area (Å²) >= 11 is 0. The number of hydrazone groups is 1. The first kappa shape index (κ1) is 16.0. The van der Waals surface area contributed by atoms with Gasteiger partial charge in [0.2, 0.25) is 0 Å². The number of halogens is 3. The van der Waals surface area contributed by atoms with E-state index < -0.39 is 23.7 Å². The maximum atomic E-state index is 13.7. The fourth-order valence-corrected chi connectivity index (χ4v) is 3.40. The summed E-state index contributed by atoms with van der Waals surface area (Å²) < 4.78 is 41.0. The Morgan fingerprint density at radius 2 is 1.96 bits per heavy atom. The van der Waals surface area contributed by atoms with Crippen LogP contribution in [-0.4, -0.2) is 33.6 Å². The number of hydrogen-bond acceptors (Lipinski definition) is 3. The monoisotopic (exact) mass is 326 g/mol. The van der Waals surface area contributed by atoms with Crippen molar-refractivity contribution in [2.75, 3.05) is 0 Å². The van der Waals surface area contributed by atoms with Gasteiger partial charge in [0.1, 0.15) is 0 Å². The minimum atomic E-state index is -4.98. The minimum Gasteiger partial charge on any atom is -0.362 e. The highest BCUT2D eigenvalue weighted by Gasteiger charge is 2.69. The van der Waals surface area contributed by atoms with Crippen LogP contribution < -0.4 is 0 Å². The highest BCUT2D eigenvalue weighted by Crippen LogP contribution is 2.49. The Morgan fingerprint density at radius 3 is 2.57 bits per heavy atom. The van der Waals surface area contributed by atoms with Gasteiger partial charge in [-0.05, 0) is 30.9 Å². The molecule has 1 fully saturated rings. The molecule has 3 atom stereocenters. The molecular formula is C16H17F3N2O2. The molecule has 0 bridgehead atoms. The van der Waals surface area contributed by atoms with Gasteiger partial charge in [0.15, 0.2) is 0 Å². The largest absolute Gasteiger partial charge is 0.439 e. The molecule has 0 saturated heterocycles. The van der Waals surface area contributed by atoms with Gasteiger partial charge in [0.05, 0.1) is 5.92 Å². The smallest absolute Gasteiger partial charge is 0.362 e. The molecule has 1 heterocycles. The van der Waals surface area contributed by atoms with E-state index in [4.69, 9.17) is 0 Å². The lowest BCUT2D eigenvalue weighted by Crippen LogP contribution is -2.61. The van der Waals surface area contributed by atoms with Gasteiger partial charge in [-0.3, -0.25) is 4.79 Å². The summed E-state index contributed by atoms with van der Waals surface area (Å²) in [6.07, 6.45) is -3.55. The number of alkyl halides is 3. The molecule has 2 aliphatic rings. The Balaban J connectivity index is 2.07. The number of carbonyl (C=O) groups excluding carboxylic acids is 1. The summed E-state index contributed by atoms with van der Waals surface area (Å²) in [7, 11) is 0. The van der Waals surface area contributed by atoms with E-state index in [2.05, 4.69) is 5.10 Å².